The van der Waals surface area contributed by atoms with Gasteiger partial charge in [-0.1, -0.05) is 12.1 Å². The zero-order valence-corrected chi connectivity index (χ0v) is 16.1. The molecule has 6 nitrogen and oxygen atoms in total. The van der Waals surface area contributed by atoms with E-state index in [9.17, 15) is 26.0 Å². The maximum atomic E-state index is 14.0. The number of hydrogen-bond donors (Lipinski definition) is 0. The van der Waals surface area contributed by atoms with Crippen LogP contribution in [0.3, 0.4) is 0 Å². The molecule has 0 radical (unpaired) electrons. The van der Waals surface area contributed by atoms with Crippen molar-refractivity contribution in [1.82, 2.24) is 19.9 Å². The third kappa shape index (κ3) is 3.99. The van der Waals surface area contributed by atoms with Gasteiger partial charge in [-0.05, 0) is 48.5 Å². The molecular weight excluding hydrogens is 436 g/mol. The third-order valence-corrected chi connectivity index (χ3v) is 5.74. The fourth-order valence-electron chi connectivity index (χ4n) is 2.74. The average Bonchev–Trinajstić information content (AvgIpc) is 2.74. The minimum atomic E-state index is -4.30. The van der Waals surface area contributed by atoms with Gasteiger partial charge in [-0.3, -0.25) is 0 Å². The summed E-state index contributed by atoms with van der Waals surface area (Å²) in [7, 11) is -4.30. The molecule has 0 aliphatic rings. The van der Waals surface area contributed by atoms with Gasteiger partial charge in [0.25, 0.3) is 0 Å². The minimum absolute atomic E-state index is 0.0870. The summed E-state index contributed by atoms with van der Waals surface area (Å²) in [5, 5.41) is -0.924. The molecule has 4 aromatic heterocycles. The van der Waals surface area contributed by atoms with E-state index >= 15 is 0 Å². The standard InChI is InChI=1S/C20H10F4N4O2S/c21-15-9-7-11(19(23)27-15)13-3-1-5-17(25-13)31(29,30)18-6-2-4-14(26-18)12-8-10-16(22)28-20(12)24/h1-10H. The number of hydrogen-bond acceptors (Lipinski definition) is 6. The smallest absolute Gasteiger partial charge is 0.236 e. The highest BCUT2D eigenvalue weighted by Crippen LogP contribution is 2.26. The molecule has 0 atom stereocenters. The summed E-state index contributed by atoms with van der Waals surface area (Å²) in [6, 6.07) is 11.6. The van der Waals surface area contributed by atoms with E-state index < -0.39 is 43.7 Å². The van der Waals surface area contributed by atoms with Gasteiger partial charge in [-0.2, -0.15) is 27.5 Å². The van der Waals surface area contributed by atoms with Crippen LogP contribution in [0.15, 0.2) is 70.7 Å². The molecule has 0 amide bonds. The van der Waals surface area contributed by atoms with E-state index in [1.165, 1.54) is 36.4 Å². The van der Waals surface area contributed by atoms with Crippen LogP contribution in [0.5, 0.6) is 0 Å². The lowest BCUT2D eigenvalue weighted by molar-refractivity contribution is 0.514. The van der Waals surface area contributed by atoms with E-state index in [1.807, 2.05) is 0 Å². The lowest BCUT2D eigenvalue weighted by Crippen LogP contribution is -2.08. The Labute approximate surface area is 173 Å². The maximum absolute atomic E-state index is 14.0. The number of aromatic nitrogens is 4. The molecular formula is C20H10F4N4O2S. The zero-order chi connectivity index (χ0) is 22.2. The Morgan fingerprint density at radius 3 is 1.35 bits per heavy atom. The van der Waals surface area contributed by atoms with Crippen molar-refractivity contribution in [3.63, 3.8) is 0 Å². The van der Waals surface area contributed by atoms with Crippen molar-refractivity contribution in [3.8, 4) is 22.5 Å². The van der Waals surface area contributed by atoms with Crippen LogP contribution in [-0.4, -0.2) is 28.4 Å². The fourth-order valence-corrected chi connectivity index (χ4v) is 3.91. The van der Waals surface area contributed by atoms with Crippen molar-refractivity contribution < 1.29 is 26.0 Å². The van der Waals surface area contributed by atoms with Crippen LogP contribution in [0.1, 0.15) is 0 Å². The molecule has 0 spiro atoms. The van der Waals surface area contributed by atoms with Gasteiger partial charge < -0.3 is 0 Å². The molecule has 0 unspecified atom stereocenters. The SMILES string of the molecule is O=S(=O)(c1cccc(-c2ccc(F)nc2F)n1)c1cccc(-c2ccc(F)nc2F)n1. The van der Waals surface area contributed by atoms with Gasteiger partial charge >= 0.3 is 0 Å². The first-order chi connectivity index (χ1) is 14.8. The second kappa shape index (κ2) is 7.84. The van der Waals surface area contributed by atoms with E-state index in [2.05, 4.69) is 19.9 Å². The number of pyridine rings is 4. The summed E-state index contributed by atoms with van der Waals surface area (Å²) in [4.78, 5) is 14.0. The molecule has 0 aliphatic heterocycles. The lowest BCUT2D eigenvalue weighted by Gasteiger charge is -2.08. The van der Waals surface area contributed by atoms with E-state index in [0.717, 1.165) is 24.3 Å². The Morgan fingerprint density at radius 2 is 0.968 bits per heavy atom. The highest BCUT2D eigenvalue weighted by Gasteiger charge is 2.23. The Kier molecular flexibility index (Phi) is 5.19. The Bertz CT molecular complexity index is 1310. The first kappa shape index (κ1) is 20.5. The van der Waals surface area contributed by atoms with E-state index in [0.29, 0.717) is 0 Å². The van der Waals surface area contributed by atoms with Crippen LogP contribution in [-0.2, 0) is 9.84 Å². The van der Waals surface area contributed by atoms with Gasteiger partial charge in [0, 0.05) is 0 Å². The molecule has 0 bridgehead atoms. The first-order valence-corrected chi connectivity index (χ1v) is 10.1. The summed E-state index contributed by atoms with van der Waals surface area (Å²) >= 11 is 0. The van der Waals surface area contributed by atoms with Crippen LogP contribution in [0, 0.1) is 23.8 Å². The molecule has 4 heterocycles. The van der Waals surface area contributed by atoms with Gasteiger partial charge in [0.15, 0.2) is 10.1 Å². The largest absolute Gasteiger partial charge is 0.241 e. The highest BCUT2D eigenvalue weighted by atomic mass is 32.2. The number of sulfone groups is 1. The van der Waals surface area contributed by atoms with Crippen LogP contribution in [0.2, 0.25) is 0 Å². The first-order valence-electron chi connectivity index (χ1n) is 8.60. The zero-order valence-electron chi connectivity index (χ0n) is 15.3. The Balaban J connectivity index is 1.77. The van der Waals surface area contributed by atoms with Gasteiger partial charge in [0.2, 0.25) is 33.6 Å². The molecule has 156 valence electrons. The molecule has 0 saturated carbocycles. The van der Waals surface area contributed by atoms with Crippen LogP contribution in [0.25, 0.3) is 22.5 Å². The van der Waals surface area contributed by atoms with Gasteiger partial charge in [-0.15, -0.1) is 0 Å². The van der Waals surface area contributed by atoms with E-state index in [1.54, 1.807) is 0 Å². The molecule has 4 rings (SSSR count). The monoisotopic (exact) mass is 446 g/mol. The molecule has 31 heavy (non-hydrogen) atoms. The molecule has 0 aromatic carbocycles. The van der Waals surface area contributed by atoms with Crippen LogP contribution in [0.4, 0.5) is 17.6 Å². The minimum Gasteiger partial charge on any atom is -0.236 e. The maximum Gasteiger partial charge on any atom is 0.241 e. The highest BCUT2D eigenvalue weighted by molar-refractivity contribution is 7.91. The fraction of sp³-hybridized carbons (Fsp3) is 0. The molecule has 4 aromatic rings. The number of nitrogens with zero attached hydrogens (tertiary/aromatic N) is 4. The third-order valence-electron chi connectivity index (χ3n) is 4.18. The lowest BCUT2D eigenvalue weighted by atomic mass is 10.2. The molecule has 11 heteroatoms. The van der Waals surface area contributed by atoms with Crippen molar-refractivity contribution in [1.29, 1.82) is 0 Å². The molecule has 0 aliphatic carbocycles. The second-order valence-corrected chi connectivity index (χ2v) is 8.01. The van der Waals surface area contributed by atoms with Gasteiger partial charge in [0.1, 0.15) is 0 Å². The summed E-state index contributed by atoms with van der Waals surface area (Å²) in [5.74, 6) is -4.37. The topological polar surface area (TPSA) is 85.7 Å². The normalized spacial score (nSPS) is 11.5. The summed E-state index contributed by atoms with van der Waals surface area (Å²) in [6.07, 6.45) is 0. The van der Waals surface area contributed by atoms with Crippen molar-refractivity contribution in [2.24, 2.45) is 0 Å². The van der Waals surface area contributed by atoms with Crippen molar-refractivity contribution >= 4 is 9.84 Å². The quantitative estimate of drug-likeness (QED) is 0.348. The Morgan fingerprint density at radius 1 is 0.548 bits per heavy atom. The van der Waals surface area contributed by atoms with E-state index in [-0.39, 0.29) is 22.5 Å². The summed E-state index contributed by atoms with van der Waals surface area (Å²) in [6.45, 7) is 0. The summed E-state index contributed by atoms with van der Waals surface area (Å²) < 4.78 is 80.1. The molecule has 0 N–H and O–H groups in total. The number of rotatable bonds is 4. The Hall–Kier alpha value is -3.73. The van der Waals surface area contributed by atoms with Gasteiger partial charge in [0.05, 0.1) is 22.5 Å². The van der Waals surface area contributed by atoms with Crippen molar-refractivity contribution in [3.05, 3.63) is 84.5 Å². The molecule has 0 saturated heterocycles. The molecule has 0 fully saturated rings. The van der Waals surface area contributed by atoms with Crippen molar-refractivity contribution in [2.75, 3.05) is 0 Å². The second-order valence-electron chi connectivity index (χ2n) is 6.17. The average molecular weight is 446 g/mol. The van der Waals surface area contributed by atoms with Crippen molar-refractivity contribution in [2.45, 2.75) is 10.1 Å². The van der Waals surface area contributed by atoms with Gasteiger partial charge in [-0.25, -0.2) is 18.4 Å². The summed E-state index contributed by atoms with van der Waals surface area (Å²) in [5.41, 5.74) is -0.564. The predicted molar refractivity (Wildman–Crippen MR) is 100 cm³/mol. The van der Waals surface area contributed by atoms with Crippen LogP contribution >= 0.6 is 0 Å². The number of halogens is 4. The van der Waals surface area contributed by atoms with Crippen LogP contribution < -0.4 is 0 Å². The predicted octanol–water partition coefficient (Wildman–Crippen LogP) is 3.99. The van der Waals surface area contributed by atoms with E-state index in [4.69, 9.17) is 0 Å².